The normalized spacial score (nSPS) is 13.8. The van der Waals surface area contributed by atoms with Crippen molar-refractivity contribution in [1.82, 2.24) is 28.9 Å². The number of likely N-dealkylation sites (tertiary alicyclic amines) is 1. The zero-order valence-corrected chi connectivity index (χ0v) is 31.0. The van der Waals surface area contributed by atoms with Gasteiger partial charge in [0.25, 0.3) is 10.1 Å². The molecule has 0 aliphatic carbocycles. The second kappa shape index (κ2) is 14.7. The van der Waals surface area contributed by atoms with Crippen molar-refractivity contribution < 1.29 is 35.7 Å². The van der Waals surface area contributed by atoms with Gasteiger partial charge in [-0.1, -0.05) is 6.07 Å². The lowest BCUT2D eigenvalue weighted by molar-refractivity contribution is -0.137. The van der Waals surface area contributed by atoms with Crippen molar-refractivity contribution in [3.63, 3.8) is 0 Å². The largest absolute Gasteiger partial charge is 0.416 e. The number of benzene rings is 3. The van der Waals surface area contributed by atoms with Gasteiger partial charge in [-0.15, -0.1) is 0 Å². The van der Waals surface area contributed by atoms with Crippen molar-refractivity contribution in [2.24, 2.45) is 0 Å². The number of piperidine rings is 1. The van der Waals surface area contributed by atoms with Crippen LogP contribution in [-0.4, -0.2) is 67.6 Å². The summed E-state index contributed by atoms with van der Waals surface area (Å²) in [6.07, 6.45) is -1.18. The van der Waals surface area contributed by atoms with Crippen molar-refractivity contribution in [3.8, 4) is 29.0 Å². The van der Waals surface area contributed by atoms with Gasteiger partial charge in [0.05, 0.1) is 39.9 Å². The number of nitriles is 1. The summed E-state index contributed by atoms with van der Waals surface area (Å²) in [5, 5.41) is 12.1. The fourth-order valence-corrected chi connectivity index (χ4v) is 7.72. The summed E-state index contributed by atoms with van der Waals surface area (Å²) in [6, 6.07) is 12.7. The van der Waals surface area contributed by atoms with Crippen LogP contribution in [0, 0.1) is 39.0 Å². The Labute approximate surface area is 314 Å². The number of carbonyl (C=O) groups excluding carboxylic acids is 2. The molecule has 0 bridgehead atoms. The predicted octanol–water partition coefficient (Wildman–Crippen LogP) is 5.65. The molecular formula is C38H36F3N7O6S. The molecule has 0 saturated carbocycles. The zero-order valence-electron chi connectivity index (χ0n) is 30.2. The highest BCUT2D eigenvalue weighted by molar-refractivity contribution is 7.85. The van der Waals surface area contributed by atoms with Crippen molar-refractivity contribution in [2.45, 2.75) is 64.1 Å². The van der Waals surface area contributed by atoms with Gasteiger partial charge in [0.2, 0.25) is 5.91 Å². The highest BCUT2D eigenvalue weighted by Crippen LogP contribution is 2.32. The third-order valence-electron chi connectivity index (χ3n) is 10.1. The summed E-state index contributed by atoms with van der Waals surface area (Å²) in [7, 11) is -4.51. The lowest BCUT2D eigenvalue weighted by Crippen LogP contribution is -2.49. The highest BCUT2D eigenvalue weighted by atomic mass is 32.2. The molecule has 0 unspecified atom stereocenters. The number of rotatable bonds is 7. The Balaban J connectivity index is 1.29. The summed E-state index contributed by atoms with van der Waals surface area (Å²) in [4.78, 5) is 47.4. The average Bonchev–Trinajstić information content (AvgIpc) is 3.72. The third kappa shape index (κ3) is 7.55. The van der Waals surface area contributed by atoms with Gasteiger partial charge in [-0.2, -0.15) is 26.9 Å². The van der Waals surface area contributed by atoms with E-state index in [1.54, 1.807) is 60.7 Å². The monoisotopic (exact) mass is 775 g/mol. The van der Waals surface area contributed by atoms with Crippen LogP contribution in [0.2, 0.25) is 0 Å². The Kier molecular flexibility index (Phi) is 10.3. The Morgan fingerprint density at radius 2 is 1.65 bits per heavy atom. The number of amides is 2. The molecule has 2 N–H and O–H groups in total. The van der Waals surface area contributed by atoms with E-state index in [-0.39, 0.29) is 53.2 Å². The molecule has 1 saturated heterocycles. The summed E-state index contributed by atoms with van der Waals surface area (Å²) >= 11 is 0. The van der Waals surface area contributed by atoms with Crippen molar-refractivity contribution in [2.75, 3.05) is 13.1 Å². The topological polar surface area (TPSA) is 172 Å². The molecule has 1 aliphatic heterocycles. The first-order chi connectivity index (χ1) is 25.9. The summed E-state index contributed by atoms with van der Waals surface area (Å²) in [5.74, 6) is -0.140. The molecule has 3 aromatic carbocycles. The Hall–Kier alpha value is -5.99. The molecule has 2 amide bonds. The maximum atomic E-state index is 14.2. The average molecular weight is 776 g/mol. The van der Waals surface area contributed by atoms with Crippen LogP contribution in [0.4, 0.5) is 18.0 Å². The quantitative estimate of drug-likeness (QED) is 0.200. The van der Waals surface area contributed by atoms with E-state index in [4.69, 9.17) is 0 Å². The molecule has 1 fully saturated rings. The minimum absolute atomic E-state index is 0.0231. The minimum atomic E-state index is -4.70. The molecule has 55 heavy (non-hydrogen) atoms. The van der Waals surface area contributed by atoms with Crippen molar-refractivity contribution in [1.29, 1.82) is 5.26 Å². The summed E-state index contributed by atoms with van der Waals surface area (Å²) < 4.78 is 78.3. The standard InChI is InChI=1S/C38H36F3N7O6S/c1-22-23(2)27(18-32(24(22)3)55(52,53)54)19-33(49)45-15-12-29(13-16-45)44-36(50)48-34(35-43-14-17-46(35)30-10-8-26(21-42)9-11-30)25(4)47(37(48)51)31-7-5-6-28(20-31)38(39,40)41/h5-11,14,17-18,20,29H,12-13,15-16,19H2,1-4H3,(H,44,50)(H,52,53,54). The second-order valence-corrected chi connectivity index (χ2v) is 14.8. The molecule has 286 valence electrons. The molecule has 1 aliphatic rings. The maximum Gasteiger partial charge on any atom is 0.416 e. The van der Waals surface area contributed by atoms with Gasteiger partial charge in [0, 0.05) is 37.2 Å². The first kappa shape index (κ1) is 38.7. The van der Waals surface area contributed by atoms with E-state index >= 15 is 0 Å². The van der Waals surface area contributed by atoms with E-state index in [0.717, 1.165) is 26.8 Å². The van der Waals surface area contributed by atoms with Gasteiger partial charge in [-0.25, -0.2) is 19.1 Å². The molecule has 0 radical (unpaired) electrons. The van der Waals surface area contributed by atoms with E-state index in [0.29, 0.717) is 40.8 Å². The number of alkyl halides is 3. The van der Waals surface area contributed by atoms with E-state index in [1.165, 1.54) is 31.3 Å². The van der Waals surface area contributed by atoms with Crippen LogP contribution in [0.5, 0.6) is 0 Å². The van der Waals surface area contributed by atoms with Gasteiger partial charge in [-0.05, 0) is 111 Å². The molecule has 6 rings (SSSR count). The lowest BCUT2D eigenvalue weighted by Gasteiger charge is -2.32. The Morgan fingerprint density at radius 1 is 0.982 bits per heavy atom. The van der Waals surface area contributed by atoms with Crippen molar-refractivity contribution in [3.05, 3.63) is 117 Å². The Morgan fingerprint density at radius 3 is 2.27 bits per heavy atom. The first-order valence-corrected chi connectivity index (χ1v) is 18.6. The van der Waals surface area contributed by atoms with E-state index < -0.39 is 39.6 Å². The third-order valence-corrected chi connectivity index (χ3v) is 11.1. The van der Waals surface area contributed by atoms with Crippen LogP contribution in [0.25, 0.3) is 22.9 Å². The maximum absolute atomic E-state index is 14.2. The number of hydrogen-bond donors (Lipinski definition) is 2. The highest BCUT2D eigenvalue weighted by Gasteiger charge is 2.33. The number of imidazole rings is 2. The molecular weight excluding hydrogens is 740 g/mol. The lowest BCUT2D eigenvalue weighted by atomic mass is 9.96. The van der Waals surface area contributed by atoms with E-state index in [1.807, 2.05) is 6.07 Å². The number of halogens is 3. The van der Waals surface area contributed by atoms with E-state index in [2.05, 4.69) is 10.3 Å². The van der Waals surface area contributed by atoms with Gasteiger partial charge >= 0.3 is 17.9 Å². The minimum Gasteiger partial charge on any atom is -0.342 e. The van der Waals surface area contributed by atoms with Crippen LogP contribution < -0.4 is 11.0 Å². The second-order valence-electron chi connectivity index (χ2n) is 13.4. The van der Waals surface area contributed by atoms with Crippen LogP contribution in [0.1, 0.15) is 51.9 Å². The van der Waals surface area contributed by atoms with Gasteiger partial charge < -0.3 is 10.2 Å². The molecule has 5 aromatic rings. The molecule has 3 heterocycles. The van der Waals surface area contributed by atoms with Gasteiger partial charge in [0.1, 0.15) is 5.69 Å². The molecule has 13 nitrogen and oxygen atoms in total. The molecule has 0 atom stereocenters. The number of hydrogen-bond acceptors (Lipinski definition) is 7. The van der Waals surface area contributed by atoms with Crippen LogP contribution in [0.15, 0.2) is 76.7 Å². The van der Waals surface area contributed by atoms with Crippen LogP contribution in [0.3, 0.4) is 0 Å². The van der Waals surface area contributed by atoms with Crippen molar-refractivity contribution >= 4 is 22.1 Å². The summed E-state index contributed by atoms with van der Waals surface area (Å²) in [6.45, 7) is 7.03. The SMILES string of the molecule is Cc1c(CC(=O)N2CCC(NC(=O)n3c(-c4nccn4-c4ccc(C#N)cc4)c(C)n(-c4cccc(C(F)(F)F)c4)c3=O)CC2)cc(S(=O)(=O)O)c(C)c1C. The summed E-state index contributed by atoms with van der Waals surface area (Å²) in [5.41, 5.74) is 1.30. The van der Waals surface area contributed by atoms with Crippen LogP contribution >= 0.6 is 0 Å². The smallest absolute Gasteiger partial charge is 0.342 e. The fraction of sp³-hybridized carbons (Fsp3) is 0.289. The van der Waals surface area contributed by atoms with Crippen LogP contribution in [-0.2, 0) is 27.5 Å². The number of nitrogens with zero attached hydrogens (tertiary/aromatic N) is 6. The van der Waals surface area contributed by atoms with Gasteiger partial charge in [-0.3, -0.25) is 18.5 Å². The number of nitrogens with one attached hydrogen (secondary N) is 1. The first-order valence-electron chi connectivity index (χ1n) is 17.1. The molecule has 0 spiro atoms. The fourth-order valence-electron chi connectivity index (χ4n) is 6.89. The Bertz CT molecular complexity index is 2540. The molecule has 2 aromatic heterocycles. The van der Waals surface area contributed by atoms with Gasteiger partial charge in [0.15, 0.2) is 5.82 Å². The number of aromatic nitrogens is 4. The number of carbonyl (C=O) groups is 2. The van der Waals surface area contributed by atoms with E-state index in [9.17, 15) is 45.8 Å². The predicted molar refractivity (Wildman–Crippen MR) is 195 cm³/mol. The molecule has 17 heteroatoms. The zero-order chi connectivity index (χ0) is 40.0.